The summed E-state index contributed by atoms with van der Waals surface area (Å²) in [5.41, 5.74) is 2.52. The first-order valence-corrected chi connectivity index (χ1v) is 13.5. The number of aryl methyl sites for hydroxylation is 1. The number of nitrogens with one attached hydrogen (secondary N) is 1. The number of likely N-dealkylation sites (tertiary alicyclic amines) is 1. The van der Waals surface area contributed by atoms with E-state index in [1.165, 1.54) is 25.9 Å². The molecule has 8 heteroatoms. The molecule has 0 aliphatic carbocycles. The predicted octanol–water partition coefficient (Wildman–Crippen LogP) is 5.88. The van der Waals surface area contributed by atoms with Crippen LogP contribution in [0, 0.1) is 6.92 Å². The van der Waals surface area contributed by atoms with Gasteiger partial charge in [0.2, 0.25) is 0 Å². The fourth-order valence-electron chi connectivity index (χ4n) is 4.74. The van der Waals surface area contributed by atoms with Crippen molar-refractivity contribution in [2.45, 2.75) is 52.7 Å². The third-order valence-electron chi connectivity index (χ3n) is 6.56. The molecule has 1 fully saturated rings. The van der Waals surface area contributed by atoms with Crippen molar-refractivity contribution in [1.82, 2.24) is 9.88 Å². The smallest absolute Gasteiger partial charge is 0.163 e. The Balaban J connectivity index is 1.57. The molecule has 0 radical (unpaired) electrons. The van der Waals surface area contributed by atoms with Gasteiger partial charge in [0.15, 0.2) is 23.5 Å². The van der Waals surface area contributed by atoms with Gasteiger partial charge in [0.25, 0.3) is 0 Å². The second-order valence-corrected chi connectivity index (χ2v) is 9.29. The highest BCUT2D eigenvalue weighted by atomic mass is 16.7. The minimum absolute atomic E-state index is 0.238. The molecule has 3 aromatic rings. The number of benzene rings is 1. The van der Waals surface area contributed by atoms with Crippen molar-refractivity contribution >= 4 is 16.6 Å². The number of fused-ring (bicyclic) bond motifs is 1. The standard InChI is InChI=1S/C29H41N3O5/c1-5-34-29(35-6-2)12-13-30-23-19-25(26-11-10-21(3)37-26)31-24-20-28(27(33-4)18-22(23)24)36-17-9-16-32-14-7-8-15-32/h10-11,18-20,29H,5-9,12-17H2,1-4H3,(H,30,31). The second-order valence-electron chi connectivity index (χ2n) is 9.29. The van der Waals surface area contributed by atoms with Gasteiger partial charge in [0.1, 0.15) is 11.5 Å². The average molecular weight is 512 g/mol. The minimum Gasteiger partial charge on any atom is -0.493 e. The van der Waals surface area contributed by atoms with E-state index in [-0.39, 0.29) is 6.29 Å². The summed E-state index contributed by atoms with van der Waals surface area (Å²) >= 11 is 0. The number of hydrogen-bond donors (Lipinski definition) is 1. The van der Waals surface area contributed by atoms with Crippen molar-refractivity contribution < 1.29 is 23.4 Å². The van der Waals surface area contributed by atoms with Gasteiger partial charge >= 0.3 is 0 Å². The van der Waals surface area contributed by atoms with Crippen LogP contribution in [0.2, 0.25) is 0 Å². The van der Waals surface area contributed by atoms with Crippen LogP contribution in [0.4, 0.5) is 5.69 Å². The molecule has 1 aliphatic heterocycles. The molecule has 202 valence electrons. The summed E-state index contributed by atoms with van der Waals surface area (Å²) in [6, 6.07) is 9.89. The van der Waals surface area contributed by atoms with Crippen LogP contribution in [-0.2, 0) is 9.47 Å². The summed E-state index contributed by atoms with van der Waals surface area (Å²) in [5.74, 6) is 2.98. The maximum Gasteiger partial charge on any atom is 0.163 e. The molecule has 37 heavy (non-hydrogen) atoms. The number of aromatic nitrogens is 1. The maximum atomic E-state index is 6.18. The van der Waals surface area contributed by atoms with Crippen molar-refractivity contribution in [1.29, 1.82) is 0 Å². The zero-order chi connectivity index (χ0) is 26.0. The number of anilines is 1. The highest BCUT2D eigenvalue weighted by Crippen LogP contribution is 2.37. The normalized spacial score (nSPS) is 14.1. The topological polar surface area (TPSA) is 78.2 Å². The lowest BCUT2D eigenvalue weighted by Gasteiger charge is -2.19. The zero-order valence-corrected chi connectivity index (χ0v) is 22.7. The Hall–Kier alpha value is -2.81. The number of nitrogens with zero attached hydrogens (tertiary/aromatic N) is 2. The molecular weight excluding hydrogens is 470 g/mol. The largest absolute Gasteiger partial charge is 0.493 e. The molecule has 3 heterocycles. The highest BCUT2D eigenvalue weighted by molar-refractivity contribution is 5.95. The number of hydrogen-bond acceptors (Lipinski definition) is 8. The van der Waals surface area contributed by atoms with E-state index in [4.69, 9.17) is 28.3 Å². The van der Waals surface area contributed by atoms with Crippen LogP contribution >= 0.6 is 0 Å². The van der Waals surface area contributed by atoms with Crippen LogP contribution < -0.4 is 14.8 Å². The number of methoxy groups -OCH3 is 1. The summed E-state index contributed by atoms with van der Waals surface area (Å²) in [5, 5.41) is 4.52. The Kier molecular flexibility index (Phi) is 10.0. The summed E-state index contributed by atoms with van der Waals surface area (Å²) in [4.78, 5) is 7.42. The predicted molar refractivity (Wildman–Crippen MR) is 147 cm³/mol. The Bertz CT molecular complexity index is 1120. The van der Waals surface area contributed by atoms with E-state index in [9.17, 15) is 0 Å². The van der Waals surface area contributed by atoms with Crippen LogP contribution in [-0.4, -0.2) is 69.3 Å². The molecular formula is C29H41N3O5. The van der Waals surface area contributed by atoms with Crippen molar-refractivity contribution in [3.05, 3.63) is 36.1 Å². The van der Waals surface area contributed by atoms with Crippen molar-refractivity contribution in [2.75, 3.05) is 58.4 Å². The van der Waals surface area contributed by atoms with Gasteiger partial charge in [-0.05, 0) is 77.4 Å². The summed E-state index contributed by atoms with van der Waals surface area (Å²) in [6.07, 6.45) is 4.07. The Morgan fingerprint density at radius 2 is 1.84 bits per heavy atom. The van der Waals surface area contributed by atoms with Gasteiger partial charge in [-0.25, -0.2) is 4.98 Å². The zero-order valence-electron chi connectivity index (χ0n) is 22.7. The van der Waals surface area contributed by atoms with Crippen LogP contribution in [0.1, 0.15) is 45.3 Å². The number of rotatable bonds is 15. The van der Waals surface area contributed by atoms with Crippen LogP contribution in [0.15, 0.2) is 34.7 Å². The van der Waals surface area contributed by atoms with E-state index < -0.39 is 0 Å². The Labute approximate surface area is 220 Å². The highest BCUT2D eigenvalue weighted by Gasteiger charge is 2.16. The van der Waals surface area contributed by atoms with E-state index in [0.717, 1.165) is 53.2 Å². The van der Waals surface area contributed by atoms with Gasteiger partial charge in [-0.15, -0.1) is 0 Å². The monoisotopic (exact) mass is 511 g/mol. The van der Waals surface area contributed by atoms with Gasteiger partial charge in [0.05, 0.1) is 19.2 Å². The molecule has 1 saturated heterocycles. The molecule has 1 aliphatic rings. The minimum atomic E-state index is -0.238. The van der Waals surface area contributed by atoms with Gasteiger partial charge in [-0.1, -0.05) is 0 Å². The molecule has 0 unspecified atom stereocenters. The van der Waals surface area contributed by atoms with E-state index in [1.807, 2.05) is 51.1 Å². The van der Waals surface area contributed by atoms with Crippen molar-refractivity contribution in [3.63, 3.8) is 0 Å². The van der Waals surface area contributed by atoms with Crippen LogP contribution in [0.5, 0.6) is 11.5 Å². The van der Waals surface area contributed by atoms with E-state index in [2.05, 4.69) is 10.2 Å². The molecule has 0 saturated carbocycles. The average Bonchev–Trinajstić information content (AvgIpc) is 3.58. The fourth-order valence-corrected chi connectivity index (χ4v) is 4.74. The molecule has 0 spiro atoms. The summed E-state index contributed by atoms with van der Waals surface area (Å²) < 4.78 is 29.2. The first-order valence-electron chi connectivity index (χ1n) is 13.5. The summed E-state index contributed by atoms with van der Waals surface area (Å²) in [7, 11) is 1.67. The van der Waals surface area contributed by atoms with Gasteiger partial charge in [-0.3, -0.25) is 0 Å². The molecule has 8 nitrogen and oxygen atoms in total. The van der Waals surface area contributed by atoms with Gasteiger partial charge in [-0.2, -0.15) is 0 Å². The SMILES string of the molecule is CCOC(CCNc1cc(-c2ccc(C)o2)nc2cc(OCCCN3CCCC3)c(OC)cc12)OCC. The van der Waals surface area contributed by atoms with E-state index in [0.29, 0.717) is 37.9 Å². The second kappa shape index (κ2) is 13.7. The van der Waals surface area contributed by atoms with Crippen LogP contribution in [0.25, 0.3) is 22.4 Å². The Morgan fingerprint density at radius 3 is 2.51 bits per heavy atom. The molecule has 4 rings (SSSR count). The molecule has 2 aromatic heterocycles. The first kappa shape index (κ1) is 27.2. The number of pyridine rings is 1. The Morgan fingerprint density at radius 1 is 1.05 bits per heavy atom. The van der Waals surface area contributed by atoms with E-state index in [1.54, 1.807) is 7.11 Å². The molecule has 0 amide bonds. The van der Waals surface area contributed by atoms with E-state index >= 15 is 0 Å². The van der Waals surface area contributed by atoms with Gasteiger partial charge < -0.3 is 33.6 Å². The lowest BCUT2D eigenvalue weighted by molar-refractivity contribution is -0.137. The first-order chi connectivity index (χ1) is 18.1. The third-order valence-corrected chi connectivity index (χ3v) is 6.56. The molecule has 0 bridgehead atoms. The quantitative estimate of drug-likeness (QED) is 0.200. The lowest BCUT2D eigenvalue weighted by atomic mass is 10.1. The van der Waals surface area contributed by atoms with Crippen LogP contribution in [0.3, 0.4) is 0 Å². The third kappa shape index (κ3) is 7.37. The molecule has 0 atom stereocenters. The lowest BCUT2D eigenvalue weighted by Crippen LogP contribution is -2.22. The molecule has 1 aromatic carbocycles. The number of furan rings is 1. The van der Waals surface area contributed by atoms with Crippen molar-refractivity contribution in [2.24, 2.45) is 0 Å². The number of ether oxygens (including phenoxy) is 4. The van der Waals surface area contributed by atoms with Crippen molar-refractivity contribution in [3.8, 4) is 23.0 Å². The fraction of sp³-hybridized carbons (Fsp3) is 0.552. The maximum absolute atomic E-state index is 6.18. The summed E-state index contributed by atoms with van der Waals surface area (Å²) in [6.45, 7) is 11.9. The van der Waals surface area contributed by atoms with Gasteiger partial charge in [0, 0.05) is 49.9 Å². The molecule has 1 N–H and O–H groups in total.